The maximum atomic E-state index is 12.0. The Morgan fingerprint density at radius 2 is 2.00 bits per heavy atom. The molecule has 0 aliphatic rings. The van der Waals surface area contributed by atoms with Crippen molar-refractivity contribution in [3.8, 4) is 0 Å². The predicted molar refractivity (Wildman–Crippen MR) is 98.7 cm³/mol. The summed E-state index contributed by atoms with van der Waals surface area (Å²) in [5.74, 6) is 0.907. The molecule has 0 spiro atoms. The number of aryl methyl sites for hydroxylation is 2. The highest BCUT2D eigenvalue weighted by atomic mass is 32.2. The van der Waals surface area contributed by atoms with Gasteiger partial charge in [-0.15, -0.1) is 0 Å². The van der Waals surface area contributed by atoms with Crippen molar-refractivity contribution in [2.45, 2.75) is 25.0 Å². The van der Waals surface area contributed by atoms with Crippen LogP contribution in [-0.4, -0.2) is 25.3 Å². The molecular weight excluding hydrogens is 320 g/mol. The van der Waals surface area contributed by atoms with Gasteiger partial charge < -0.3 is 9.97 Å². The Hall–Kier alpha value is -2.47. The third kappa shape index (κ3) is 2.85. The maximum Gasteiger partial charge on any atom is 0.326 e. The number of thioether (sulfide) groups is 1. The van der Waals surface area contributed by atoms with Gasteiger partial charge in [0.25, 0.3) is 0 Å². The number of hydrogen-bond acceptors (Lipinski definition) is 3. The van der Waals surface area contributed by atoms with Crippen LogP contribution in [0.4, 0.5) is 0 Å². The Balaban J connectivity index is 1.41. The minimum Gasteiger partial charge on any atom is -0.333 e. The van der Waals surface area contributed by atoms with E-state index < -0.39 is 0 Å². The lowest BCUT2D eigenvalue weighted by atomic mass is 10.2. The molecule has 24 heavy (non-hydrogen) atoms. The predicted octanol–water partition coefficient (Wildman–Crippen LogP) is 3.70. The Morgan fingerprint density at radius 3 is 2.92 bits per heavy atom. The number of nitrogens with zero attached hydrogens (tertiary/aromatic N) is 2. The molecule has 0 aliphatic heterocycles. The number of fused-ring (bicyclic) bond motifs is 2. The van der Waals surface area contributed by atoms with E-state index in [1.54, 1.807) is 16.3 Å². The lowest BCUT2D eigenvalue weighted by molar-refractivity contribution is 0.679. The summed E-state index contributed by atoms with van der Waals surface area (Å²) >= 11 is 1.69. The molecule has 6 heteroatoms. The average Bonchev–Trinajstić information content (AvgIpc) is 3.11. The molecule has 0 saturated heterocycles. The molecule has 0 amide bonds. The number of H-pyrrole nitrogens is 2. The zero-order chi connectivity index (χ0) is 16.5. The van der Waals surface area contributed by atoms with Gasteiger partial charge in [0.15, 0.2) is 5.16 Å². The molecule has 0 bridgehead atoms. The number of hydrogen-bond donors (Lipinski definition) is 2. The van der Waals surface area contributed by atoms with Crippen molar-refractivity contribution in [2.24, 2.45) is 0 Å². The van der Waals surface area contributed by atoms with Crippen LogP contribution in [0.5, 0.6) is 0 Å². The molecule has 5 nitrogen and oxygen atoms in total. The van der Waals surface area contributed by atoms with Crippen LogP contribution >= 0.6 is 11.8 Å². The van der Waals surface area contributed by atoms with Crippen molar-refractivity contribution in [2.75, 3.05) is 5.75 Å². The van der Waals surface area contributed by atoms with Crippen molar-refractivity contribution in [1.82, 2.24) is 19.5 Å². The first kappa shape index (κ1) is 15.1. The standard InChI is InChI=1S/C18H18N4OS/c1-12-7-8-13-15(11-12)20-17(19-13)24-10-4-9-22-16-6-3-2-5-14(16)21-18(22)23/h2-3,5-8,11H,4,9-10H2,1H3,(H,19,20)(H,21,23). The van der Waals surface area contributed by atoms with E-state index in [0.717, 1.165) is 39.4 Å². The third-order valence-electron chi connectivity index (χ3n) is 4.06. The van der Waals surface area contributed by atoms with Gasteiger partial charge in [-0.1, -0.05) is 30.0 Å². The summed E-state index contributed by atoms with van der Waals surface area (Å²) in [6.45, 7) is 2.78. The fraction of sp³-hybridized carbons (Fsp3) is 0.222. The van der Waals surface area contributed by atoms with Crippen molar-refractivity contribution in [1.29, 1.82) is 0 Å². The molecule has 2 aromatic heterocycles. The minimum absolute atomic E-state index is 0.0413. The SMILES string of the molecule is Cc1ccc2nc(SCCCn3c(=O)[nH]c4ccccc43)[nH]c2c1. The van der Waals surface area contributed by atoms with Crippen molar-refractivity contribution >= 4 is 33.8 Å². The number of benzene rings is 2. The molecule has 4 rings (SSSR count). The van der Waals surface area contributed by atoms with Gasteiger partial charge in [-0.3, -0.25) is 4.57 Å². The average molecular weight is 338 g/mol. The van der Waals surface area contributed by atoms with Gasteiger partial charge in [0.2, 0.25) is 0 Å². The second-order valence-corrected chi connectivity index (χ2v) is 6.95. The number of para-hydroxylation sites is 2. The Morgan fingerprint density at radius 1 is 1.12 bits per heavy atom. The van der Waals surface area contributed by atoms with E-state index in [1.807, 2.05) is 30.3 Å². The van der Waals surface area contributed by atoms with Gasteiger partial charge in [-0.25, -0.2) is 9.78 Å². The highest BCUT2D eigenvalue weighted by Gasteiger charge is 2.07. The Kier molecular flexibility index (Phi) is 3.90. The van der Waals surface area contributed by atoms with E-state index in [-0.39, 0.29) is 5.69 Å². The second kappa shape index (κ2) is 6.20. The summed E-state index contributed by atoms with van der Waals surface area (Å²) in [6.07, 6.45) is 0.905. The van der Waals surface area contributed by atoms with Crippen molar-refractivity contribution in [3.05, 3.63) is 58.5 Å². The number of nitrogens with one attached hydrogen (secondary N) is 2. The van der Waals surface area contributed by atoms with Crippen LogP contribution in [-0.2, 0) is 6.54 Å². The molecule has 0 aliphatic carbocycles. The highest BCUT2D eigenvalue weighted by molar-refractivity contribution is 7.99. The van der Waals surface area contributed by atoms with Gasteiger partial charge >= 0.3 is 5.69 Å². The zero-order valence-electron chi connectivity index (χ0n) is 13.4. The topological polar surface area (TPSA) is 66.5 Å². The van der Waals surface area contributed by atoms with Crippen molar-refractivity contribution < 1.29 is 0 Å². The van der Waals surface area contributed by atoms with E-state index in [4.69, 9.17) is 0 Å². The van der Waals surface area contributed by atoms with E-state index in [1.165, 1.54) is 5.56 Å². The maximum absolute atomic E-state index is 12.0. The highest BCUT2D eigenvalue weighted by Crippen LogP contribution is 2.21. The van der Waals surface area contributed by atoms with E-state index in [0.29, 0.717) is 6.54 Å². The fourth-order valence-corrected chi connectivity index (χ4v) is 3.70. The summed E-state index contributed by atoms with van der Waals surface area (Å²) in [7, 11) is 0. The van der Waals surface area contributed by atoms with Crippen LogP contribution in [0.3, 0.4) is 0 Å². The molecule has 2 N–H and O–H groups in total. The zero-order valence-corrected chi connectivity index (χ0v) is 14.2. The molecule has 0 unspecified atom stereocenters. The Labute approximate surface area is 143 Å². The summed E-state index contributed by atoms with van der Waals surface area (Å²) in [5, 5.41) is 0.932. The molecule has 4 aromatic rings. The first-order chi connectivity index (χ1) is 11.7. The van der Waals surface area contributed by atoms with Crippen LogP contribution in [0.1, 0.15) is 12.0 Å². The van der Waals surface area contributed by atoms with Crippen LogP contribution < -0.4 is 5.69 Å². The molecule has 0 radical (unpaired) electrons. The Bertz CT molecular complexity index is 1060. The molecule has 0 fully saturated rings. The first-order valence-corrected chi connectivity index (χ1v) is 8.96. The fourth-order valence-electron chi connectivity index (χ4n) is 2.89. The lowest BCUT2D eigenvalue weighted by Crippen LogP contribution is -2.17. The quantitative estimate of drug-likeness (QED) is 0.431. The van der Waals surface area contributed by atoms with Crippen LogP contribution in [0.15, 0.2) is 52.4 Å². The number of imidazole rings is 2. The second-order valence-electron chi connectivity index (χ2n) is 5.86. The monoisotopic (exact) mass is 338 g/mol. The molecular formula is C18H18N4OS. The molecule has 0 saturated carbocycles. The minimum atomic E-state index is -0.0413. The summed E-state index contributed by atoms with van der Waals surface area (Å²) in [5.41, 5.74) is 5.11. The summed E-state index contributed by atoms with van der Waals surface area (Å²) < 4.78 is 1.80. The van der Waals surface area contributed by atoms with Crippen molar-refractivity contribution in [3.63, 3.8) is 0 Å². The number of aromatic amines is 2. The van der Waals surface area contributed by atoms with Crippen LogP contribution in [0.2, 0.25) is 0 Å². The lowest BCUT2D eigenvalue weighted by Gasteiger charge is -2.02. The van der Waals surface area contributed by atoms with Crippen LogP contribution in [0.25, 0.3) is 22.1 Å². The smallest absolute Gasteiger partial charge is 0.326 e. The van der Waals surface area contributed by atoms with Gasteiger partial charge in [0.1, 0.15) is 0 Å². The van der Waals surface area contributed by atoms with E-state index in [2.05, 4.69) is 34.0 Å². The van der Waals surface area contributed by atoms with Gasteiger partial charge in [0, 0.05) is 12.3 Å². The first-order valence-electron chi connectivity index (χ1n) is 7.97. The summed E-state index contributed by atoms with van der Waals surface area (Å²) in [4.78, 5) is 22.9. The molecule has 2 aromatic carbocycles. The largest absolute Gasteiger partial charge is 0.333 e. The van der Waals surface area contributed by atoms with Gasteiger partial charge in [-0.2, -0.15) is 0 Å². The van der Waals surface area contributed by atoms with Gasteiger partial charge in [0.05, 0.1) is 22.1 Å². The van der Waals surface area contributed by atoms with Crippen LogP contribution in [0, 0.1) is 6.92 Å². The number of rotatable bonds is 5. The third-order valence-corrected chi connectivity index (χ3v) is 5.02. The molecule has 2 heterocycles. The van der Waals surface area contributed by atoms with E-state index >= 15 is 0 Å². The molecule has 122 valence electrons. The number of aromatic nitrogens is 4. The summed E-state index contributed by atoms with van der Waals surface area (Å²) in [6, 6.07) is 14.0. The molecule has 0 atom stereocenters. The van der Waals surface area contributed by atoms with E-state index in [9.17, 15) is 4.79 Å². The van der Waals surface area contributed by atoms with Gasteiger partial charge in [-0.05, 0) is 43.2 Å². The normalized spacial score (nSPS) is 11.5.